The van der Waals surface area contributed by atoms with Crippen LogP contribution in [0.2, 0.25) is 0 Å². The minimum Gasteiger partial charge on any atom is -0.360 e. The molecule has 0 bridgehead atoms. The summed E-state index contributed by atoms with van der Waals surface area (Å²) in [6.45, 7) is 8.01. The zero-order valence-corrected chi connectivity index (χ0v) is 13.7. The lowest BCUT2D eigenvalue weighted by molar-refractivity contribution is 0.482. The average Bonchev–Trinajstić information content (AvgIpc) is 2.47. The van der Waals surface area contributed by atoms with Gasteiger partial charge in [-0.3, -0.25) is 0 Å². The van der Waals surface area contributed by atoms with E-state index in [-0.39, 0.29) is 0 Å². The first-order chi connectivity index (χ1) is 10.4. The van der Waals surface area contributed by atoms with Crippen LogP contribution in [0, 0.1) is 0 Å². The van der Waals surface area contributed by atoms with E-state index >= 15 is 0 Å². The third kappa shape index (κ3) is 5.20. The van der Waals surface area contributed by atoms with Crippen LogP contribution in [-0.4, -0.2) is 11.3 Å². The van der Waals surface area contributed by atoms with Gasteiger partial charge in [-0.1, -0.05) is 36.4 Å². The molecule has 0 spiro atoms. The molecular weight excluding hydrogens is 272 g/mol. The number of anilines is 2. The number of azo groups is 1. The standard InChI is InChI=1S/C18H24N4/c1-17(2,19-15-11-7-5-8-12-15)21-22-18(3,4)20-16-13-9-6-10-14-16/h5-14,19-20H,1-4H3. The Morgan fingerprint density at radius 3 is 1.23 bits per heavy atom. The minimum atomic E-state index is -0.475. The Balaban J connectivity index is 2.02. The van der Waals surface area contributed by atoms with Gasteiger partial charge in [-0.15, -0.1) is 0 Å². The summed E-state index contributed by atoms with van der Waals surface area (Å²) in [5.41, 5.74) is 1.11. The molecule has 2 aromatic rings. The van der Waals surface area contributed by atoms with Crippen molar-refractivity contribution in [1.29, 1.82) is 0 Å². The van der Waals surface area contributed by atoms with E-state index in [1.165, 1.54) is 0 Å². The first-order valence-electron chi connectivity index (χ1n) is 7.47. The van der Waals surface area contributed by atoms with Crippen molar-refractivity contribution in [3.63, 3.8) is 0 Å². The third-order valence-corrected chi connectivity index (χ3v) is 3.00. The molecule has 0 saturated heterocycles. The van der Waals surface area contributed by atoms with Crippen molar-refractivity contribution in [3.05, 3.63) is 60.7 Å². The molecule has 0 atom stereocenters. The second-order valence-corrected chi connectivity index (χ2v) is 6.30. The van der Waals surface area contributed by atoms with Crippen LogP contribution in [0.1, 0.15) is 27.7 Å². The molecule has 0 aliphatic heterocycles. The van der Waals surface area contributed by atoms with Crippen LogP contribution in [0.15, 0.2) is 70.9 Å². The zero-order chi connectivity index (χ0) is 16.1. The highest BCUT2D eigenvalue weighted by molar-refractivity contribution is 5.45. The second kappa shape index (κ2) is 6.60. The molecule has 4 nitrogen and oxygen atoms in total. The van der Waals surface area contributed by atoms with E-state index in [9.17, 15) is 0 Å². The Labute approximate surface area is 132 Å². The highest BCUT2D eigenvalue weighted by Crippen LogP contribution is 2.20. The molecule has 116 valence electrons. The maximum absolute atomic E-state index is 4.47. The summed E-state index contributed by atoms with van der Waals surface area (Å²) in [6, 6.07) is 20.0. The Kier molecular flexibility index (Phi) is 4.81. The maximum Gasteiger partial charge on any atom is 0.144 e. The molecule has 0 radical (unpaired) electrons. The molecule has 2 N–H and O–H groups in total. The summed E-state index contributed by atoms with van der Waals surface area (Å²) in [5.74, 6) is 0. The average molecular weight is 296 g/mol. The predicted octanol–water partition coefficient (Wildman–Crippen LogP) is 5.14. The summed E-state index contributed by atoms with van der Waals surface area (Å²) in [5, 5.41) is 15.7. The van der Waals surface area contributed by atoms with E-state index in [4.69, 9.17) is 0 Å². The Bertz CT molecular complexity index is 548. The number of nitrogens with one attached hydrogen (secondary N) is 2. The Morgan fingerprint density at radius 2 is 0.909 bits per heavy atom. The van der Waals surface area contributed by atoms with Crippen molar-refractivity contribution in [2.24, 2.45) is 10.2 Å². The molecular formula is C18H24N4. The Hall–Kier alpha value is -2.36. The molecule has 2 rings (SSSR count). The number of nitrogens with zero attached hydrogens (tertiary/aromatic N) is 2. The highest BCUT2D eigenvalue weighted by atomic mass is 15.3. The second-order valence-electron chi connectivity index (χ2n) is 6.30. The first kappa shape index (κ1) is 16.0. The lowest BCUT2D eigenvalue weighted by Gasteiger charge is -2.26. The molecule has 0 unspecified atom stereocenters. The van der Waals surface area contributed by atoms with Crippen LogP contribution in [0.5, 0.6) is 0 Å². The molecule has 22 heavy (non-hydrogen) atoms. The topological polar surface area (TPSA) is 48.8 Å². The molecule has 0 amide bonds. The summed E-state index contributed by atoms with van der Waals surface area (Å²) in [7, 11) is 0. The van der Waals surface area contributed by atoms with Gasteiger partial charge in [0.15, 0.2) is 0 Å². The van der Waals surface area contributed by atoms with Crippen molar-refractivity contribution in [3.8, 4) is 0 Å². The van der Waals surface area contributed by atoms with E-state index in [1.54, 1.807) is 0 Å². The van der Waals surface area contributed by atoms with Gasteiger partial charge >= 0.3 is 0 Å². The van der Waals surface area contributed by atoms with Crippen molar-refractivity contribution in [1.82, 2.24) is 0 Å². The molecule has 0 fully saturated rings. The summed E-state index contributed by atoms with van der Waals surface area (Å²) in [4.78, 5) is 0. The SMILES string of the molecule is CC(C)(N=NC(C)(C)Nc1ccccc1)Nc1ccccc1. The number of rotatable bonds is 6. The van der Waals surface area contributed by atoms with Crippen molar-refractivity contribution < 1.29 is 0 Å². The van der Waals surface area contributed by atoms with Gasteiger partial charge in [-0.25, -0.2) is 0 Å². The van der Waals surface area contributed by atoms with Crippen LogP contribution < -0.4 is 10.6 Å². The van der Waals surface area contributed by atoms with Crippen molar-refractivity contribution >= 4 is 11.4 Å². The van der Waals surface area contributed by atoms with Gasteiger partial charge in [0.05, 0.1) is 0 Å². The van der Waals surface area contributed by atoms with Crippen LogP contribution in [-0.2, 0) is 0 Å². The van der Waals surface area contributed by atoms with Crippen LogP contribution in [0.3, 0.4) is 0 Å². The molecule has 4 heteroatoms. The predicted molar refractivity (Wildman–Crippen MR) is 93.1 cm³/mol. The van der Waals surface area contributed by atoms with Crippen molar-refractivity contribution in [2.45, 2.75) is 39.0 Å². The minimum absolute atomic E-state index is 0.475. The number of para-hydroxylation sites is 2. The van der Waals surface area contributed by atoms with Gasteiger partial charge in [-0.2, -0.15) is 10.2 Å². The van der Waals surface area contributed by atoms with Crippen LogP contribution >= 0.6 is 0 Å². The van der Waals surface area contributed by atoms with Gasteiger partial charge < -0.3 is 10.6 Å². The lowest BCUT2D eigenvalue weighted by atomic mass is 10.2. The number of hydrogen-bond acceptors (Lipinski definition) is 4. The van der Waals surface area contributed by atoms with E-state index in [2.05, 4.69) is 20.9 Å². The fraction of sp³-hybridized carbons (Fsp3) is 0.333. The molecule has 0 aliphatic carbocycles. The number of hydrogen-bond donors (Lipinski definition) is 2. The lowest BCUT2D eigenvalue weighted by Crippen LogP contribution is -2.32. The molecule has 0 heterocycles. The van der Waals surface area contributed by atoms with E-state index in [0.717, 1.165) is 11.4 Å². The monoisotopic (exact) mass is 296 g/mol. The summed E-state index contributed by atoms with van der Waals surface area (Å²) < 4.78 is 0. The fourth-order valence-electron chi connectivity index (χ4n) is 2.05. The quantitative estimate of drug-likeness (QED) is 0.725. The normalized spacial score (nSPS) is 12.4. The zero-order valence-electron chi connectivity index (χ0n) is 13.7. The van der Waals surface area contributed by atoms with Gasteiger partial charge in [0.25, 0.3) is 0 Å². The third-order valence-electron chi connectivity index (χ3n) is 3.00. The smallest absolute Gasteiger partial charge is 0.144 e. The summed E-state index contributed by atoms with van der Waals surface area (Å²) in [6.07, 6.45) is 0. The van der Waals surface area contributed by atoms with Gasteiger partial charge in [0.2, 0.25) is 0 Å². The molecule has 0 aromatic heterocycles. The Morgan fingerprint density at radius 1 is 0.591 bits per heavy atom. The van der Waals surface area contributed by atoms with Gasteiger partial charge in [-0.05, 0) is 52.0 Å². The van der Waals surface area contributed by atoms with E-state index in [0.29, 0.717) is 0 Å². The first-order valence-corrected chi connectivity index (χ1v) is 7.47. The number of benzene rings is 2. The molecule has 0 aliphatic rings. The van der Waals surface area contributed by atoms with Crippen LogP contribution in [0.25, 0.3) is 0 Å². The van der Waals surface area contributed by atoms with Crippen LogP contribution in [0.4, 0.5) is 11.4 Å². The largest absolute Gasteiger partial charge is 0.360 e. The van der Waals surface area contributed by atoms with E-state index in [1.807, 2.05) is 88.4 Å². The fourth-order valence-corrected chi connectivity index (χ4v) is 2.05. The molecule has 0 saturated carbocycles. The highest BCUT2D eigenvalue weighted by Gasteiger charge is 2.20. The van der Waals surface area contributed by atoms with E-state index < -0.39 is 11.3 Å². The molecule has 2 aromatic carbocycles. The van der Waals surface area contributed by atoms with Gasteiger partial charge in [0.1, 0.15) is 11.3 Å². The van der Waals surface area contributed by atoms with Gasteiger partial charge in [0, 0.05) is 11.4 Å². The maximum atomic E-state index is 4.47. The van der Waals surface area contributed by atoms with Crippen molar-refractivity contribution in [2.75, 3.05) is 10.6 Å². The summed E-state index contributed by atoms with van der Waals surface area (Å²) >= 11 is 0.